The molecule has 1 amide bonds. The first-order valence-corrected chi connectivity index (χ1v) is 7.06. The zero-order valence-electron chi connectivity index (χ0n) is 11.0. The van der Waals surface area contributed by atoms with Crippen molar-refractivity contribution in [2.75, 3.05) is 25.0 Å². The Kier molecular flexibility index (Phi) is 4.53. The van der Waals surface area contributed by atoms with Gasteiger partial charge in [-0.15, -0.1) is 0 Å². The van der Waals surface area contributed by atoms with Crippen LogP contribution in [0.4, 0.5) is 11.5 Å². The maximum atomic E-state index is 11.2. The highest BCUT2D eigenvalue weighted by Crippen LogP contribution is 2.26. The van der Waals surface area contributed by atoms with Crippen molar-refractivity contribution in [1.29, 1.82) is 0 Å². The Balaban J connectivity index is 1.98. The number of hydrogen-bond donors (Lipinski definition) is 1. The van der Waals surface area contributed by atoms with E-state index in [0.717, 1.165) is 13.0 Å². The summed E-state index contributed by atoms with van der Waals surface area (Å²) in [6.07, 6.45) is 2.42. The van der Waals surface area contributed by atoms with Gasteiger partial charge in [-0.05, 0) is 28.3 Å². The predicted molar refractivity (Wildman–Crippen MR) is 77.4 cm³/mol. The van der Waals surface area contributed by atoms with E-state index in [9.17, 15) is 14.9 Å². The van der Waals surface area contributed by atoms with E-state index in [1.165, 1.54) is 12.3 Å². The van der Waals surface area contributed by atoms with E-state index >= 15 is 0 Å². The second-order valence-electron chi connectivity index (χ2n) is 4.78. The number of rotatable bonds is 4. The van der Waals surface area contributed by atoms with E-state index < -0.39 is 4.92 Å². The molecule has 1 saturated heterocycles. The van der Waals surface area contributed by atoms with Gasteiger partial charge in [-0.2, -0.15) is 0 Å². The maximum absolute atomic E-state index is 11.2. The van der Waals surface area contributed by atoms with E-state index in [0.29, 0.717) is 23.5 Å². The van der Waals surface area contributed by atoms with Crippen LogP contribution in [0.15, 0.2) is 16.7 Å². The largest absolute Gasteiger partial charge is 0.364 e. The average Bonchev–Trinajstić information content (AvgIpc) is 2.86. The Morgan fingerprint density at radius 1 is 1.70 bits per heavy atom. The molecule has 1 N–H and O–H groups in total. The van der Waals surface area contributed by atoms with Crippen molar-refractivity contribution in [3.8, 4) is 0 Å². The fourth-order valence-electron chi connectivity index (χ4n) is 2.23. The van der Waals surface area contributed by atoms with Crippen molar-refractivity contribution in [2.45, 2.75) is 13.3 Å². The molecule has 7 nitrogen and oxygen atoms in total. The van der Waals surface area contributed by atoms with Gasteiger partial charge in [0.05, 0.1) is 4.92 Å². The SMILES string of the molecule is CC(=O)N1CC[C@H](CNc2ncc(Br)cc2[N+](=O)[O-])C1. The summed E-state index contributed by atoms with van der Waals surface area (Å²) in [6, 6.07) is 1.42. The molecule has 0 bridgehead atoms. The first kappa shape index (κ1) is 14.7. The molecule has 1 aromatic heterocycles. The summed E-state index contributed by atoms with van der Waals surface area (Å²) in [5.74, 6) is 0.628. The zero-order valence-corrected chi connectivity index (χ0v) is 12.6. The molecule has 0 spiro atoms. The van der Waals surface area contributed by atoms with Crippen LogP contribution in [0.25, 0.3) is 0 Å². The Morgan fingerprint density at radius 3 is 3.05 bits per heavy atom. The molecular formula is C12H15BrN4O3. The van der Waals surface area contributed by atoms with Gasteiger partial charge in [-0.25, -0.2) is 4.98 Å². The average molecular weight is 343 g/mol. The number of hydrogen-bond acceptors (Lipinski definition) is 5. The van der Waals surface area contributed by atoms with Gasteiger partial charge in [0, 0.05) is 43.3 Å². The van der Waals surface area contributed by atoms with Gasteiger partial charge < -0.3 is 10.2 Å². The number of likely N-dealkylation sites (tertiary alicyclic amines) is 1. The molecule has 2 rings (SSSR count). The monoisotopic (exact) mass is 342 g/mol. The van der Waals surface area contributed by atoms with Crippen molar-refractivity contribution in [3.63, 3.8) is 0 Å². The first-order valence-electron chi connectivity index (χ1n) is 6.26. The molecule has 1 fully saturated rings. The lowest BCUT2D eigenvalue weighted by molar-refractivity contribution is -0.384. The summed E-state index contributed by atoms with van der Waals surface area (Å²) in [5.41, 5.74) is -0.0548. The second-order valence-corrected chi connectivity index (χ2v) is 5.69. The Bertz CT molecular complexity index is 537. The Hall–Kier alpha value is -1.70. The first-order chi connectivity index (χ1) is 9.47. The van der Waals surface area contributed by atoms with Gasteiger partial charge in [0.2, 0.25) is 11.7 Å². The van der Waals surface area contributed by atoms with Crippen molar-refractivity contribution < 1.29 is 9.72 Å². The molecule has 1 atom stereocenters. The van der Waals surface area contributed by atoms with E-state index in [1.807, 2.05) is 0 Å². The minimum absolute atomic E-state index is 0.0548. The summed E-state index contributed by atoms with van der Waals surface area (Å²) in [7, 11) is 0. The topological polar surface area (TPSA) is 88.4 Å². The number of aromatic nitrogens is 1. The lowest BCUT2D eigenvalue weighted by Crippen LogP contribution is -2.27. The molecular weight excluding hydrogens is 328 g/mol. The molecule has 8 heteroatoms. The van der Waals surface area contributed by atoms with E-state index in [1.54, 1.807) is 11.8 Å². The van der Waals surface area contributed by atoms with Crippen molar-refractivity contribution in [3.05, 3.63) is 26.9 Å². The molecule has 0 unspecified atom stereocenters. The number of nitrogens with zero attached hydrogens (tertiary/aromatic N) is 3. The normalized spacial score (nSPS) is 18.1. The third-order valence-corrected chi connectivity index (χ3v) is 3.75. The molecule has 1 aliphatic rings. The van der Waals surface area contributed by atoms with Gasteiger partial charge in [0.25, 0.3) is 0 Å². The number of carbonyl (C=O) groups excluding carboxylic acids is 1. The lowest BCUT2D eigenvalue weighted by Gasteiger charge is -2.14. The molecule has 1 aliphatic heterocycles. The standard InChI is InChI=1S/C12H15BrN4O3/c1-8(18)16-3-2-9(7-16)5-14-12-11(17(19)20)4-10(13)6-15-12/h4,6,9H,2-3,5,7H2,1H3,(H,14,15)/t9-/m1/s1. The van der Waals surface area contributed by atoms with Crippen molar-refractivity contribution in [2.24, 2.45) is 5.92 Å². The molecule has 0 aliphatic carbocycles. The third kappa shape index (κ3) is 3.44. The lowest BCUT2D eigenvalue weighted by atomic mass is 10.1. The Morgan fingerprint density at radius 2 is 2.45 bits per heavy atom. The summed E-state index contributed by atoms with van der Waals surface area (Å²) < 4.78 is 0.568. The quantitative estimate of drug-likeness (QED) is 0.668. The van der Waals surface area contributed by atoms with Gasteiger partial charge in [-0.3, -0.25) is 14.9 Å². The van der Waals surface area contributed by atoms with Gasteiger partial charge in [-0.1, -0.05) is 0 Å². The molecule has 0 aromatic carbocycles. The number of nitrogens with one attached hydrogen (secondary N) is 1. The van der Waals surface area contributed by atoms with Crippen molar-refractivity contribution >= 4 is 33.3 Å². The van der Waals surface area contributed by atoms with Crippen LogP contribution in [-0.2, 0) is 4.79 Å². The molecule has 20 heavy (non-hydrogen) atoms. The van der Waals surface area contributed by atoms with Gasteiger partial charge in [0.1, 0.15) is 0 Å². The second kappa shape index (κ2) is 6.17. The van der Waals surface area contributed by atoms with Crippen molar-refractivity contribution in [1.82, 2.24) is 9.88 Å². The maximum Gasteiger partial charge on any atom is 0.312 e. The number of pyridine rings is 1. The minimum Gasteiger partial charge on any atom is -0.364 e. The highest BCUT2D eigenvalue weighted by molar-refractivity contribution is 9.10. The van der Waals surface area contributed by atoms with E-state index in [-0.39, 0.29) is 17.4 Å². The highest BCUT2D eigenvalue weighted by atomic mass is 79.9. The van der Waals surface area contributed by atoms with Crippen LogP contribution in [0.5, 0.6) is 0 Å². The van der Waals surface area contributed by atoms with Crippen LogP contribution in [-0.4, -0.2) is 40.3 Å². The highest BCUT2D eigenvalue weighted by Gasteiger charge is 2.25. The number of amides is 1. The fraction of sp³-hybridized carbons (Fsp3) is 0.500. The minimum atomic E-state index is -0.462. The molecule has 2 heterocycles. The van der Waals surface area contributed by atoms with Crippen LogP contribution in [0.1, 0.15) is 13.3 Å². The predicted octanol–water partition coefficient (Wildman–Crippen LogP) is 2.03. The molecule has 1 aromatic rings. The van der Waals surface area contributed by atoms with Gasteiger partial charge in [0.15, 0.2) is 0 Å². The Labute approximate surface area is 124 Å². The van der Waals surface area contributed by atoms with Crippen LogP contribution in [0.3, 0.4) is 0 Å². The van der Waals surface area contributed by atoms with Gasteiger partial charge >= 0.3 is 5.69 Å². The number of nitro groups is 1. The zero-order chi connectivity index (χ0) is 14.7. The number of carbonyl (C=O) groups is 1. The summed E-state index contributed by atoms with van der Waals surface area (Å²) >= 11 is 3.17. The summed E-state index contributed by atoms with van der Waals surface area (Å²) in [4.78, 5) is 27.6. The van der Waals surface area contributed by atoms with Crippen LogP contribution in [0, 0.1) is 16.0 Å². The van der Waals surface area contributed by atoms with Crippen LogP contribution in [0.2, 0.25) is 0 Å². The molecule has 108 valence electrons. The fourth-order valence-corrected chi connectivity index (χ4v) is 2.55. The molecule has 0 saturated carbocycles. The van der Waals surface area contributed by atoms with E-state index in [4.69, 9.17) is 0 Å². The van der Waals surface area contributed by atoms with Crippen LogP contribution < -0.4 is 5.32 Å². The summed E-state index contributed by atoms with van der Waals surface area (Å²) in [6.45, 7) is 3.56. The number of halogens is 1. The number of anilines is 1. The third-order valence-electron chi connectivity index (χ3n) is 3.32. The van der Waals surface area contributed by atoms with Crippen LogP contribution >= 0.6 is 15.9 Å². The smallest absolute Gasteiger partial charge is 0.312 e. The summed E-state index contributed by atoms with van der Waals surface area (Å²) in [5, 5.41) is 14.0. The molecule has 0 radical (unpaired) electrons. The van der Waals surface area contributed by atoms with E-state index in [2.05, 4.69) is 26.2 Å².